The van der Waals surface area contributed by atoms with E-state index in [9.17, 15) is 4.79 Å². The number of amides is 1. The van der Waals surface area contributed by atoms with E-state index in [1.54, 1.807) is 12.2 Å². The van der Waals surface area contributed by atoms with Crippen molar-refractivity contribution in [2.45, 2.75) is 5.92 Å². The number of hydrogen-bond donors (Lipinski definition) is 2. The summed E-state index contributed by atoms with van der Waals surface area (Å²) in [6, 6.07) is 16.5. The van der Waals surface area contributed by atoms with Crippen LogP contribution in [0.3, 0.4) is 0 Å². The Morgan fingerprint density at radius 2 is 1.80 bits per heavy atom. The zero-order valence-electron chi connectivity index (χ0n) is 16.5. The van der Waals surface area contributed by atoms with Crippen molar-refractivity contribution in [2.24, 2.45) is 0 Å². The fraction of sp³-hybridized carbons (Fsp3) is 0.174. The highest BCUT2D eigenvalue weighted by molar-refractivity contribution is 5.79. The average molecular weight is 402 g/mol. The van der Waals surface area contributed by atoms with Crippen molar-refractivity contribution in [3.8, 4) is 17.0 Å². The molecule has 3 N–H and O–H groups in total. The summed E-state index contributed by atoms with van der Waals surface area (Å²) in [6.07, 6.45) is 4.53. The second kappa shape index (κ2) is 8.65. The molecule has 0 saturated carbocycles. The molecule has 152 valence electrons. The maximum atomic E-state index is 12.1. The number of fused-ring (bicyclic) bond motifs is 3. The van der Waals surface area contributed by atoms with E-state index in [2.05, 4.69) is 39.6 Å². The summed E-state index contributed by atoms with van der Waals surface area (Å²) in [5, 5.41) is 2.71. The molecule has 4 rings (SSSR count). The zero-order valence-corrected chi connectivity index (χ0v) is 16.5. The van der Waals surface area contributed by atoms with Gasteiger partial charge in [-0.05, 0) is 28.3 Å². The first-order valence-electron chi connectivity index (χ1n) is 9.59. The van der Waals surface area contributed by atoms with Crippen molar-refractivity contribution in [3.63, 3.8) is 0 Å². The Morgan fingerprint density at radius 1 is 1.13 bits per heavy atom. The topological polar surface area (TPSA) is 99.4 Å². The van der Waals surface area contributed by atoms with Gasteiger partial charge < -0.3 is 20.5 Å². The van der Waals surface area contributed by atoms with E-state index in [-0.39, 0.29) is 24.2 Å². The Kier molecular flexibility index (Phi) is 5.61. The highest BCUT2D eigenvalue weighted by Gasteiger charge is 2.28. The average Bonchev–Trinajstić information content (AvgIpc) is 3.10. The molecule has 0 fully saturated rings. The number of benzene rings is 2. The van der Waals surface area contributed by atoms with Gasteiger partial charge in [-0.15, -0.1) is 0 Å². The van der Waals surface area contributed by atoms with Crippen LogP contribution in [0.15, 0.2) is 60.8 Å². The monoisotopic (exact) mass is 402 g/mol. The third-order valence-corrected chi connectivity index (χ3v) is 4.98. The molecule has 0 unspecified atom stereocenters. The quantitative estimate of drug-likeness (QED) is 0.653. The number of rotatable bonds is 6. The number of ether oxygens (including phenoxy) is 2. The predicted molar refractivity (Wildman–Crippen MR) is 115 cm³/mol. The Labute approximate surface area is 174 Å². The molecule has 0 saturated heterocycles. The summed E-state index contributed by atoms with van der Waals surface area (Å²) in [5.41, 5.74) is 11.0. The molecular formula is C23H22N4O3. The summed E-state index contributed by atoms with van der Waals surface area (Å²) in [5.74, 6) is 0.532. The van der Waals surface area contributed by atoms with Crippen LogP contribution < -0.4 is 15.8 Å². The molecule has 1 heterocycles. The largest absolute Gasteiger partial charge is 0.478 e. The minimum absolute atomic E-state index is 0.0382. The minimum Gasteiger partial charge on any atom is -0.478 e. The smallest absolute Gasteiger partial charge is 0.407 e. The second-order valence-corrected chi connectivity index (χ2v) is 6.80. The molecule has 0 bridgehead atoms. The number of methoxy groups -OCH3 is 1. The van der Waals surface area contributed by atoms with Crippen molar-refractivity contribution in [3.05, 3.63) is 77.6 Å². The van der Waals surface area contributed by atoms with Gasteiger partial charge in [-0.3, -0.25) is 0 Å². The molecule has 2 aromatic carbocycles. The van der Waals surface area contributed by atoms with Gasteiger partial charge in [0.1, 0.15) is 6.61 Å². The van der Waals surface area contributed by atoms with Gasteiger partial charge >= 0.3 is 6.09 Å². The van der Waals surface area contributed by atoms with Crippen LogP contribution in [0.4, 0.5) is 10.6 Å². The van der Waals surface area contributed by atoms with Crippen LogP contribution in [0.2, 0.25) is 0 Å². The lowest BCUT2D eigenvalue weighted by molar-refractivity contribution is 0.144. The standard InChI is InChI=1S/C23H22N4O3/c1-29-22-21(24)26-13-15(27-22)7-6-12-25-23(28)30-14-20-18-10-4-2-8-16(18)17-9-3-5-11-19(17)20/h2-11,13,20H,12,14H2,1H3,(H2,24,26)(H,25,28). The molecule has 1 aliphatic carbocycles. The van der Waals surface area contributed by atoms with E-state index in [4.69, 9.17) is 15.2 Å². The van der Waals surface area contributed by atoms with Gasteiger partial charge in [0.25, 0.3) is 5.88 Å². The number of nitrogens with two attached hydrogens (primary N) is 1. The molecule has 0 aliphatic heterocycles. The third kappa shape index (κ3) is 3.96. The van der Waals surface area contributed by atoms with Gasteiger partial charge in [0, 0.05) is 12.5 Å². The van der Waals surface area contributed by atoms with Crippen LogP contribution in [-0.2, 0) is 4.74 Å². The lowest BCUT2D eigenvalue weighted by atomic mass is 9.98. The lowest BCUT2D eigenvalue weighted by Gasteiger charge is -2.14. The minimum atomic E-state index is -0.470. The highest BCUT2D eigenvalue weighted by atomic mass is 16.5. The maximum Gasteiger partial charge on any atom is 0.407 e. The first kappa shape index (κ1) is 19.4. The Morgan fingerprint density at radius 3 is 2.47 bits per heavy atom. The Hall–Kier alpha value is -3.87. The van der Waals surface area contributed by atoms with Crippen LogP contribution in [0.1, 0.15) is 22.7 Å². The normalized spacial score (nSPS) is 12.4. The van der Waals surface area contributed by atoms with Gasteiger partial charge in [-0.1, -0.05) is 54.6 Å². The SMILES string of the molecule is COc1nc(C=CCNC(=O)OCC2c3ccccc3-c3ccccc32)cnc1N. The van der Waals surface area contributed by atoms with E-state index < -0.39 is 6.09 Å². The number of nitrogens with one attached hydrogen (secondary N) is 1. The number of hydrogen-bond acceptors (Lipinski definition) is 6. The molecule has 0 radical (unpaired) electrons. The summed E-state index contributed by atoms with van der Waals surface area (Å²) in [4.78, 5) is 20.3. The van der Waals surface area contributed by atoms with Crippen LogP contribution in [0, 0.1) is 0 Å². The molecule has 1 aromatic heterocycles. The van der Waals surface area contributed by atoms with E-state index in [1.807, 2.05) is 24.3 Å². The van der Waals surface area contributed by atoms with Crippen LogP contribution in [-0.4, -0.2) is 36.3 Å². The molecule has 1 amide bonds. The third-order valence-electron chi connectivity index (χ3n) is 4.98. The fourth-order valence-electron chi connectivity index (χ4n) is 3.60. The van der Waals surface area contributed by atoms with Gasteiger partial charge in [0.2, 0.25) is 0 Å². The van der Waals surface area contributed by atoms with Crippen LogP contribution in [0.5, 0.6) is 5.88 Å². The predicted octanol–water partition coefficient (Wildman–Crippen LogP) is 3.62. The van der Waals surface area contributed by atoms with Crippen LogP contribution in [0.25, 0.3) is 17.2 Å². The molecule has 1 aliphatic rings. The summed E-state index contributed by atoms with van der Waals surface area (Å²) in [6.45, 7) is 0.579. The van der Waals surface area contributed by atoms with Gasteiger partial charge in [0.05, 0.1) is 19.0 Å². The van der Waals surface area contributed by atoms with Gasteiger partial charge in [0.15, 0.2) is 5.82 Å². The Balaban J connectivity index is 1.32. The first-order valence-corrected chi connectivity index (χ1v) is 9.59. The number of aromatic nitrogens is 2. The van der Waals surface area contributed by atoms with Crippen molar-refractivity contribution in [1.82, 2.24) is 15.3 Å². The molecule has 7 nitrogen and oxygen atoms in total. The molecule has 0 atom stereocenters. The molecule has 0 spiro atoms. The molecule has 7 heteroatoms. The van der Waals surface area contributed by atoms with E-state index in [0.29, 0.717) is 12.2 Å². The number of alkyl carbamates (subject to hydrolysis) is 1. The van der Waals surface area contributed by atoms with Crippen molar-refractivity contribution >= 4 is 18.0 Å². The number of nitrogen functional groups attached to an aromatic ring is 1. The van der Waals surface area contributed by atoms with Gasteiger partial charge in [-0.2, -0.15) is 0 Å². The van der Waals surface area contributed by atoms with Crippen molar-refractivity contribution < 1.29 is 14.3 Å². The van der Waals surface area contributed by atoms with Crippen LogP contribution >= 0.6 is 0 Å². The summed E-state index contributed by atoms with van der Waals surface area (Å²) >= 11 is 0. The number of nitrogens with zero attached hydrogens (tertiary/aromatic N) is 2. The molecule has 30 heavy (non-hydrogen) atoms. The van der Waals surface area contributed by atoms with Gasteiger partial charge in [-0.25, -0.2) is 14.8 Å². The Bertz CT molecular complexity index is 1050. The number of anilines is 1. The fourth-order valence-corrected chi connectivity index (χ4v) is 3.60. The second-order valence-electron chi connectivity index (χ2n) is 6.80. The van der Waals surface area contributed by atoms with E-state index >= 15 is 0 Å². The summed E-state index contributed by atoms with van der Waals surface area (Å²) < 4.78 is 10.5. The first-order chi connectivity index (χ1) is 14.7. The number of carbonyl (C=O) groups is 1. The van der Waals surface area contributed by atoms with E-state index in [0.717, 1.165) is 0 Å². The van der Waals surface area contributed by atoms with Crippen molar-refractivity contribution in [2.75, 3.05) is 26.0 Å². The lowest BCUT2D eigenvalue weighted by Crippen LogP contribution is -2.26. The zero-order chi connectivity index (χ0) is 20.9. The number of carbonyl (C=O) groups excluding carboxylic acids is 1. The van der Waals surface area contributed by atoms with E-state index in [1.165, 1.54) is 35.6 Å². The highest BCUT2D eigenvalue weighted by Crippen LogP contribution is 2.44. The molecule has 3 aromatic rings. The maximum absolute atomic E-state index is 12.1. The van der Waals surface area contributed by atoms with Crippen molar-refractivity contribution in [1.29, 1.82) is 0 Å². The molecular weight excluding hydrogens is 380 g/mol. The summed E-state index contributed by atoms with van der Waals surface area (Å²) in [7, 11) is 1.48.